The van der Waals surface area contributed by atoms with E-state index >= 15 is 0 Å². The molecular weight excluding hydrogens is 248 g/mol. The number of methoxy groups -OCH3 is 1. The molecule has 1 aromatic rings. The third-order valence-electron chi connectivity index (χ3n) is 2.53. The van der Waals surface area contributed by atoms with Crippen LogP contribution in [0.4, 0.5) is 0 Å². The van der Waals surface area contributed by atoms with Crippen molar-refractivity contribution in [2.45, 2.75) is 18.6 Å². The molecule has 0 radical (unpaired) electrons. The summed E-state index contributed by atoms with van der Waals surface area (Å²) >= 11 is 0. The topological polar surface area (TPSA) is 102 Å². The van der Waals surface area contributed by atoms with Crippen molar-refractivity contribution in [3.05, 3.63) is 35.9 Å². The number of aliphatic hydroxyl groups is 1. The first-order valence-corrected chi connectivity index (χ1v) is 5.84. The van der Waals surface area contributed by atoms with Crippen molar-refractivity contribution >= 4 is 11.8 Å². The van der Waals surface area contributed by atoms with Crippen molar-refractivity contribution in [1.29, 1.82) is 0 Å². The van der Waals surface area contributed by atoms with Crippen LogP contribution < -0.4 is 11.1 Å². The van der Waals surface area contributed by atoms with E-state index in [1.54, 1.807) is 0 Å². The molecule has 0 saturated carbocycles. The minimum absolute atomic E-state index is 0.244. The summed E-state index contributed by atoms with van der Waals surface area (Å²) in [7, 11) is 1.33. The highest BCUT2D eigenvalue weighted by Gasteiger charge is 2.24. The van der Waals surface area contributed by atoms with Gasteiger partial charge in [0.15, 0.2) is 0 Å². The third-order valence-corrected chi connectivity index (χ3v) is 2.53. The highest BCUT2D eigenvalue weighted by atomic mass is 16.5. The molecule has 0 heterocycles. The summed E-state index contributed by atoms with van der Waals surface area (Å²) in [6.45, 7) is -0.244. The summed E-state index contributed by atoms with van der Waals surface area (Å²) < 4.78 is 4.56. The van der Waals surface area contributed by atoms with Crippen molar-refractivity contribution in [1.82, 2.24) is 5.32 Å². The average Bonchev–Trinajstić information content (AvgIpc) is 2.39. The fourth-order valence-corrected chi connectivity index (χ4v) is 1.57. The molecular formula is C13H18N2O4. The van der Waals surface area contributed by atoms with E-state index in [2.05, 4.69) is 4.74 Å². The number of imide groups is 1. The van der Waals surface area contributed by atoms with Gasteiger partial charge in [0.25, 0.3) is 11.8 Å². The first-order chi connectivity index (χ1) is 9.04. The van der Waals surface area contributed by atoms with Crippen LogP contribution in [-0.2, 0) is 20.7 Å². The minimum atomic E-state index is -1.44. The summed E-state index contributed by atoms with van der Waals surface area (Å²) in [4.78, 5) is 22.7. The van der Waals surface area contributed by atoms with Crippen LogP contribution in [0.15, 0.2) is 30.3 Å². The van der Waals surface area contributed by atoms with Crippen LogP contribution in [-0.4, -0.2) is 42.8 Å². The van der Waals surface area contributed by atoms with Gasteiger partial charge >= 0.3 is 0 Å². The van der Waals surface area contributed by atoms with Crippen LogP contribution in [0.25, 0.3) is 0 Å². The monoisotopic (exact) mass is 266 g/mol. The average molecular weight is 266 g/mol. The van der Waals surface area contributed by atoms with Crippen molar-refractivity contribution in [2.24, 2.45) is 5.73 Å². The maximum atomic E-state index is 11.5. The van der Waals surface area contributed by atoms with Gasteiger partial charge in [-0.15, -0.1) is 0 Å². The number of hydrogen-bond donors (Lipinski definition) is 3. The van der Waals surface area contributed by atoms with E-state index in [0.29, 0.717) is 6.42 Å². The van der Waals surface area contributed by atoms with Crippen LogP contribution in [0.5, 0.6) is 0 Å². The highest BCUT2D eigenvalue weighted by Crippen LogP contribution is 2.04. The number of rotatable bonds is 6. The van der Waals surface area contributed by atoms with Crippen molar-refractivity contribution in [3.8, 4) is 0 Å². The Kier molecular flexibility index (Phi) is 6.14. The SMILES string of the molecule is COCC(=O)NC(=O)[C@@H](O)[C@H](N)Cc1ccccc1. The van der Waals surface area contributed by atoms with Gasteiger partial charge in [-0.3, -0.25) is 14.9 Å². The Bertz CT molecular complexity index is 422. The van der Waals surface area contributed by atoms with Gasteiger partial charge < -0.3 is 15.6 Å². The Morgan fingerprint density at radius 1 is 1.37 bits per heavy atom. The molecule has 0 spiro atoms. The number of ether oxygens (including phenoxy) is 1. The van der Waals surface area contributed by atoms with Gasteiger partial charge in [-0.05, 0) is 12.0 Å². The van der Waals surface area contributed by atoms with Crippen molar-refractivity contribution in [3.63, 3.8) is 0 Å². The lowest BCUT2D eigenvalue weighted by Crippen LogP contribution is -2.49. The largest absolute Gasteiger partial charge is 0.382 e. The maximum absolute atomic E-state index is 11.5. The van der Waals surface area contributed by atoms with Crippen LogP contribution in [0.1, 0.15) is 5.56 Å². The summed E-state index contributed by atoms with van der Waals surface area (Å²) in [5, 5.41) is 11.7. The van der Waals surface area contributed by atoms with Gasteiger partial charge in [-0.2, -0.15) is 0 Å². The molecule has 0 aromatic heterocycles. The second-order valence-corrected chi connectivity index (χ2v) is 4.14. The molecule has 0 bridgehead atoms. The van der Waals surface area contributed by atoms with E-state index in [9.17, 15) is 14.7 Å². The maximum Gasteiger partial charge on any atom is 0.257 e. The Morgan fingerprint density at radius 3 is 2.58 bits per heavy atom. The zero-order valence-corrected chi connectivity index (χ0v) is 10.7. The fourth-order valence-electron chi connectivity index (χ4n) is 1.57. The number of amides is 2. The summed E-state index contributed by atoms with van der Waals surface area (Å²) in [6, 6.07) is 8.47. The Labute approximate surface area is 111 Å². The lowest BCUT2D eigenvalue weighted by atomic mass is 10.0. The highest BCUT2D eigenvalue weighted by molar-refractivity contribution is 5.98. The predicted octanol–water partition coefficient (Wildman–Crippen LogP) is -0.793. The predicted molar refractivity (Wildman–Crippen MR) is 69.2 cm³/mol. The second kappa shape index (κ2) is 7.63. The molecule has 0 aliphatic carbocycles. The molecule has 2 atom stereocenters. The fraction of sp³-hybridized carbons (Fsp3) is 0.385. The molecule has 6 nitrogen and oxygen atoms in total. The number of aliphatic hydroxyl groups excluding tert-OH is 1. The zero-order valence-electron chi connectivity index (χ0n) is 10.7. The molecule has 1 rings (SSSR count). The standard InChI is InChI=1S/C13H18N2O4/c1-19-8-11(16)15-13(18)12(17)10(14)7-9-5-3-2-4-6-9/h2-6,10,12,17H,7-8,14H2,1H3,(H,15,16,18)/t10-,12+/m1/s1. The first-order valence-electron chi connectivity index (χ1n) is 5.84. The zero-order chi connectivity index (χ0) is 14.3. The van der Waals surface area contributed by atoms with Crippen LogP contribution in [0.3, 0.4) is 0 Å². The Hall–Kier alpha value is -1.76. The molecule has 0 unspecified atom stereocenters. The number of carbonyl (C=O) groups is 2. The van der Waals surface area contributed by atoms with Crippen LogP contribution in [0, 0.1) is 0 Å². The number of benzene rings is 1. The molecule has 0 fully saturated rings. The lowest BCUT2D eigenvalue weighted by Gasteiger charge is -2.17. The van der Waals surface area contributed by atoms with Gasteiger partial charge in [-0.1, -0.05) is 30.3 Å². The van der Waals surface area contributed by atoms with Gasteiger partial charge in [0.2, 0.25) is 0 Å². The summed E-state index contributed by atoms with van der Waals surface area (Å²) in [5.41, 5.74) is 6.65. The quantitative estimate of drug-likeness (QED) is 0.626. The molecule has 19 heavy (non-hydrogen) atoms. The van der Waals surface area contributed by atoms with Gasteiger partial charge in [0, 0.05) is 13.2 Å². The first kappa shape index (κ1) is 15.3. The molecule has 6 heteroatoms. The van der Waals surface area contributed by atoms with Crippen molar-refractivity contribution in [2.75, 3.05) is 13.7 Å². The normalized spacial score (nSPS) is 13.6. The van der Waals surface area contributed by atoms with Crippen LogP contribution in [0.2, 0.25) is 0 Å². The number of hydrogen-bond acceptors (Lipinski definition) is 5. The summed E-state index contributed by atoms with van der Waals surface area (Å²) in [6.07, 6.45) is -1.10. The third kappa shape index (κ3) is 5.17. The lowest BCUT2D eigenvalue weighted by molar-refractivity contribution is -0.138. The van der Waals surface area contributed by atoms with Gasteiger partial charge in [-0.25, -0.2) is 0 Å². The van der Waals surface area contributed by atoms with Gasteiger partial charge in [0.1, 0.15) is 12.7 Å². The summed E-state index contributed by atoms with van der Waals surface area (Å²) in [5.74, 6) is -1.43. The van der Waals surface area contributed by atoms with E-state index in [0.717, 1.165) is 5.56 Å². The number of nitrogens with one attached hydrogen (secondary N) is 1. The Balaban J connectivity index is 2.49. The van der Waals surface area contributed by atoms with E-state index in [1.807, 2.05) is 35.6 Å². The van der Waals surface area contributed by atoms with Crippen molar-refractivity contribution < 1.29 is 19.4 Å². The second-order valence-electron chi connectivity index (χ2n) is 4.14. The number of nitrogens with two attached hydrogens (primary N) is 1. The molecule has 0 aliphatic rings. The van der Waals surface area contributed by atoms with Gasteiger partial charge in [0.05, 0.1) is 0 Å². The van der Waals surface area contributed by atoms with Crippen LogP contribution >= 0.6 is 0 Å². The molecule has 2 amide bonds. The van der Waals surface area contributed by atoms with E-state index in [1.165, 1.54) is 7.11 Å². The van der Waals surface area contributed by atoms with E-state index in [4.69, 9.17) is 5.73 Å². The molecule has 0 saturated heterocycles. The molecule has 0 aliphatic heterocycles. The smallest absolute Gasteiger partial charge is 0.257 e. The Morgan fingerprint density at radius 2 is 2.00 bits per heavy atom. The molecule has 1 aromatic carbocycles. The molecule has 104 valence electrons. The van der Waals surface area contributed by atoms with E-state index < -0.39 is 24.0 Å². The number of carbonyl (C=O) groups excluding carboxylic acids is 2. The minimum Gasteiger partial charge on any atom is -0.382 e. The molecule has 4 N–H and O–H groups in total. The van der Waals surface area contributed by atoms with E-state index in [-0.39, 0.29) is 6.61 Å².